The Morgan fingerprint density at radius 3 is 3.10 bits per heavy atom. The van der Waals surface area contributed by atoms with E-state index < -0.39 is 0 Å². The summed E-state index contributed by atoms with van der Waals surface area (Å²) in [4.78, 5) is 14.0. The molecular weight excluding hydrogens is 168 g/mol. The normalized spacial score (nSPS) is 9.70. The maximum Gasteiger partial charge on any atom is 0.200 e. The predicted octanol–water partition coefficient (Wildman–Crippen LogP) is 1.14. The van der Waals surface area contributed by atoms with Crippen molar-refractivity contribution in [1.29, 1.82) is 0 Å². The Morgan fingerprint density at radius 2 is 2.60 bits per heavy atom. The Labute approximate surface area is 67.0 Å². The number of hydrogen-bond acceptors (Lipinski definition) is 5. The first-order chi connectivity index (χ1) is 4.83. The molecule has 0 spiro atoms. The first-order valence-corrected chi connectivity index (χ1v) is 4.45. The highest BCUT2D eigenvalue weighted by atomic mass is 32.2. The van der Waals surface area contributed by atoms with E-state index in [4.69, 9.17) is 0 Å². The van der Waals surface area contributed by atoms with Crippen LogP contribution in [-0.2, 0) is 4.79 Å². The van der Waals surface area contributed by atoms with Gasteiger partial charge in [-0.2, -0.15) is 4.37 Å². The fourth-order valence-electron chi connectivity index (χ4n) is 0.448. The standard InChI is InChI=1S/C5H6N2OS2/c1-4-6-5(7-10-4)9-3-2-8/h2H,3H2,1H3. The second-order valence-electron chi connectivity index (χ2n) is 1.57. The molecule has 0 saturated heterocycles. The molecule has 0 saturated carbocycles. The molecule has 0 aliphatic carbocycles. The van der Waals surface area contributed by atoms with E-state index in [0.717, 1.165) is 11.3 Å². The first-order valence-electron chi connectivity index (χ1n) is 2.69. The molecule has 0 fully saturated rings. The minimum absolute atomic E-state index is 0.441. The second kappa shape index (κ2) is 3.68. The highest BCUT2D eigenvalue weighted by molar-refractivity contribution is 7.99. The molecule has 1 aromatic rings. The van der Waals surface area contributed by atoms with Crippen LogP contribution in [0.4, 0.5) is 0 Å². The number of carbonyl (C=O) groups excluding carboxylic acids is 1. The molecule has 0 amide bonds. The SMILES string of the molecule is Cc1nc(SCC=O)ns1. The maximum absolute atomic E-state index is 9.91. The number of aryl methyl sites for hydroxylation is 1. The number of rotatable bonds is 3. The quantitative estimate of drug-likeness (QED) is 0.509. The van der Waals surface area contributed by atoms with Gasteiger partial charge >= 0.3 is 0 Å². The van der Waals surface area contributed by atoms with E-state index in [9.17, 15) is 4.79 Å². The molecule has 10 heavy (non-hydrogen) atoms. The molecule has 0 N–H and O–H groups in total. The zero-order chi connectivity index (χ0) is 7.40. The van der Waals surface area contributed by atoms with Gasteiger partial charge in [-0.1, -0.05) is 11.8 Å². The van der Waals surface area contributed by atoms with Crippen molar-refractivity contribution in [2.24, 2.45) is 0 Å². The highest BCUT2D eigenvalue weighted by Gasteiger charge is 1.98. The Morgan fingerprint density at radius 1 is 1.80 bits per heavy atom. The molecule has 3 nitrogen and oxygen atoms in total. The Balaban J connectivity index is 2.49. The molecule has 0 unspecified atom stereocenters. The highest BCUT2D eigenvalue weighted by Crippen LogP contribution is 2.14. The van der Waals surface area contributed by atoms with E-state index in [1.807, 2.05) is 6.92 Å². The maximum atomic E-state index is 9.91. The number of hydrogen-bond donors (Lipinski definition) is 0. The summed E-state index contributed by atoms with van der Waals surface area (Å²) in [5.41, 5.74) is 0. The minimum atomic E-state index is 0.441. The molecule has 1 aromatic heterocycles. The largest absolute Gasteiger partial charge is 0.302 e. The van der Waals surface area contributed by atoms with Gasteiger partial charge in [0.1, 0.15) is 11.3 Å². The van der Waals surface area contributed by atoms with E-state index in [1.54, 1.807) is 0 Å². The van der Waals surface area contributed by atoms with Crippen LogP contribution in [0, 0.1) is 6.92 Å². The third-order valence-corrected chi connectivity index (χ3v) is 2.27. The van der Waals surface area contributed by atoms with E-state index in [1.165, 1.54) is 23.3 Å². The van der Waals surface area contributed by atoms with Crippen molar-refractivity contribution in [1.82, 2.24) is 9.36 Å². The van der Waals surface area contributed by atoms with Gasteiger partial charge < -0.3 is 4.79 Å². The molecule has 0 radical (unpaired) electrons. The topological polar surface area (TPSA) is 42.9 Å². The summed E-state index contributed by atoms with van der Waals surface area (Å²) < 4.78 is 3.99. The molecule has 0 bridgehead atoms. The van der Waals surface area contributed by atoms with Gasteiger partial charge in [0.25, 0.3) is 0 Å². The van der Waals surface area contributed by atoms with Gasteiger partial charge in [-0.3, -0.25) is 0 Å². The summed E-state index contributed by atoms with van der Waals surface area (Å²) in [5, 5.41) is 1.64. The van der Waals surface area contributed by atoms with E-state index in [0.29, 0.717) is 10.9 Å². The van der Waals surface area contributed by atoms with Gasteiger partial charge in [0.15, 0.2) is 0 Å². The fourth-order valence-corrected chi connectivity index (χ4v) is 1.63. The molecule has 0 atom stereocenters. The summed E-state index contributed by atoms with van der Waals surface area (Å²) in [6, 6.07) is 0. The Hall–Kier alpha value is -0.420. The van der Waals surface area contributed by atoms with Gasteiger partial charge in [0.2, 0.25) is 5.16 Å². The summed E-state index contributed by atoms with van der Waals surface area (Å²) >= 11 is 2.72. The van der Waals surface area contributed by atoms with Crippen LogP contribution in [-0.4, -0.2) is 21.4 Å². The van der Waals surface area contributed by atoms with Crippen LogP contribution in [0.1, 0.15) is 5.01 Å². The fraction of sp³-hybridized carbons (Fsp3) is 0.400. The molecule has 0 aromatic carbocycles. The average Bonchev–Trinajstić information content (AvgIpc) is 2.31. The van der Waals surface area contributed by atoms with Crippen LogP contribution in [0.3, 0.4) is 0 Å². The average molecular weight is 174 g/mol. The zero-order valence-corrected chi connectivity index (χ0v) is 7.04. The molecule has 0 aliphatic heterocycles. The molecular formula is C5H6N2OS2. The van der Waals surface area contributed by atoms with Crippen molar-refractivity contribution < 1.29 is 4.79 Å². The third kappa shape index (κ3) is 2.07. The second-order valence-corrected chi connectivity index (χ2v) is 3.52. The van der Waals surface area contributed by atoms with Crippen LogP contribution in [0.2, 0.25) is 0 Å². The summed E-state index contributed by atoms with van der Waals surface area (Å²) in [6.45, 7) is 1.89. The van der Waals surface area contributed by atoms with E-state index in [-0.39, 0.29) is 0 Å². The lowest BCUT2D eigenvalue weighted by Gasteiger charge is -1.83. The summed E-state index contributed by atoms with van der Waals surface area (Å²) in [7, 11) is 0. The number of aldehydes is 1. The molecule has 1 rings (SSSR count). The zero-order valence-electron chi connectivity index (χ0n) is 5.40. The van der Waals surface area contributed by atoms with Gasteiger partial charge in [0, 0.05) is 0 Å². The van der Waals surface area contributed by atoms with Crippen LogP contribution >= 0.6 is 23.3 Å². The van der Waals surface area contributed by atoms with E-state index >= 15 is 0 Å². The first kappa shape index (κ1) is 7.68. The Bertz CT molecular complexity index is 223. The van der Waals surface area contributed by atoms with Crippen molar-refractivity contribution in [2.75, 3.05) is 5.75 Å². The summed E-state index contributed by atoms with van der Waals surface area (Å²) in [5.74, 6) is 0.441. The van der Waals surface area contributed by atoms with Crippen molar-refractivity contribution in [3.8, 4) is 0 Å². The lowest BCUT2D eigenvalue weighted by Crippen LogP contribution is -1.80. The lowest BCUT2D eigenvalue weighted by atomic mass is 10.8. The lowest BCUT2D eigenvalue weighted by molar-refractivity contribution is -0.105. The van der Waals surface area contributed by atoms with Crippen molar-refractivity contribution in [2.45, 2.75) is 12.1 Å². The molecule has 5 heteroatoms. The monoisotopic (exact) mass is 174 g/mol. The van der Waals surface area contributed by atoms with Crippen LogP contribution in [0.25, 0.3) is 0 Å². The number of aromatic nitrogens is 2. The predicted molar refractivity (Wildman–Crippen MR) is 41.4 cm³/mol. The van der Waals surface area contributed by atoms with Crippen molar-refractivity contribution in [3.63, 3.8) is 0 Å². The van der Waals surface area contributed by atoms with Crippen LogP contribution in [0.5, 0.6) is 0 Å². The number of carbonyl (C=O) groups is 1. The van der Waals surface area contributed by atoms with Gasteiger partial charge in [0.05, 0.1) is 5.75 Å². The number of nitrogens with zero attached hydrogens (tertiary/aromatic N) is 2. The van der Waals surface area contributed by atoms with Crippen molar-refractivity contribution >= 4 is 29.6 Å². The van der Waals surface area contributed by atoms with Crippen molar-refractivity contribution in [3.05, 3.63) is 5.01 Å². The smallest absolute Gasteiger partial charge is 0.200 e. The third-order valence-electron chi connectivity index (χ3n) is 0.789. The molecule has 0 aliphatic rings. The van der Waals surface area contributed by atoms with Crippen LogP contribution < -0.4 is 0 Å². The van der Waals surface area contributed by atoms with Gasteiger partial charge in [-0.15, -0.1) is 0 Å². The molecule has 1 heterocycles. The van der Waals surface area contributed by atoms with Gasteiger partial charge in [-0.05, 0) is 18.5 Å². The molecule has 54 valence electrons. The Kier molecular flexibility index (Phi) is 2.82. The van der Waals surface area contributed by atoms with E-state index in [2.05, 4.69) is 9.36 Å². The number of thioether (sulfide) groups is 1. The minimum Gasteiger partial charge on any atom is -0.302 e. The van der Waals surface area contributed by atoms with Gasteiger partial charge in [-0.25, -0.2) is 4.98 Å². The van der Waals surface area contributed by atoms with Crippen LogP contribution in [0.15, 0.2) is 5.16 Å². The summed E-state index contributed by atoms with van der Waals surface area (Å²) in [6.07, 6.45) is 0.848.